The van der Waals surface area contributed by atoms with E-state index in [-0.39, 0.29) is 36.4 Å². The van der Waals surface area contributed by atoms with E-state index in [2.05, 4.69) is 21.9 Å². The van der Waals surface area contributed by atoms with Crippen LogP contribution in [0.15, 0.2) is 84.6 Å². The molecule has 0 radical (unpaired) electrons. The summed E-state index contributed by atoms with van der Waals surface area (Å²) in [5, 5.41) is 1.19. The maximum Gasteiger partial charge on any atom is 0.233 e. The minimum absolute atomic E-state index is 0.00427. The van der Waals surface area contributed by atoms with Crippen LogP contribution in [0, 0.1) is 11.8 Å². The Kier molecular flexibility index (Phi) is 9.79. The molecule has 0 spiro atoms. The molecule has 1 aromatic heterocycles. The van der Waals surface area contributed by atoms with Gasteiger partial charge in [0.05, 0.1) is 5.92 Å². The number of amides is 1. The second kappa shape index (κ2) is 12.8. The average Bonchev–Trinajstić information content (AvgIpc) is 2.86. The molecule has 1 aliphatic carbocycles. The summed E-state index contributed by atoms with van der Waals surface area (Å²) >= 11 is 0. The number of benzene rings is 1. The van der Waals surface area contributed by atoms with E-state index in [1.165, 1.54) is 5.41 Å². The Hall–Kier alpha value is -3.03. The molecule has 1 aromatic carbocycles. The first-order valence-corrected chi connectivity index (χ1v) is 14.0. The maximum atomic E-state index is 14.1. The predicted octanol–water partition coefficient (Wildman–Crippen LogP) is 5.15. The van der Waals surface area contributed by atoms with Gasteiger partial charge in [-0.25, -0.2) is 13.1 Å². The van der Waals surface area contributed by atoms with Crippen molar-refractivity contribution in [1.29, 1.82) is 0 Å². The molecule has 36 heavy (non-hydrogen) atoms. The van der Waals surface area contributed by atoms with Crippen LogP contribution in [0.5, 0.6) is 0 Å². The molecule has 6 nitrogen and oxygen atoms in total. The Labute approximate surface area is 215 Å². The highest BCUT2D eigenvalue weighted by Gasteiger charge is 2.38. The molecule has 0 fully saturated rings. The number of hydrogen-bond acceptors (Lipinski definition) is 4. The number of carbonyl (C=O) groups excluding carboxylic acids is 1. The number of sulfonamides is 1. The third kappa shape index (κ3) is 7.48. The lowest BCUT2D eigenvalue weighted by molar-refractivity contribution is -0.138. The summed E-state index contributed by atoms with van der Waals surface area (Å²) < 4.78 is 28.6. The van der Waals surface area contributed by atoms with Gasteiger partial charge in [0, 0.05) is 36.4 Å². The van der Waals surface area contributed by atoms with Crippen LogP contribution in [0.2, 0.25) is 0 Å². The van der Waals surface area contributed by atoms with Gasteiger partial charge in [-0.2, -0.15) is 0 Å². The Morgan fingerprint density at radius 1 is 1.08 bits per heavy atom. The second-order valence-electron chi connectivity index (χ2n) is 9.68. The summed E-state index contributed by atoms with van der Waals surface area (Å²) in [6.07, 6.45) is 13.8. The Morgan fingerprint density at radius 3 is 2.39 bits per heavy atom. The molecular formula is C29H37N3O3S. The first-order chi connectivity index (χ1) is 17.2. The summed E-state index contributed by atoms with van der Waals surface area (Å²) in [6, 6.07) is 13.0. The zero-order chi connectivity index (χ0) is 26.1. The number of nitrogens with zero attached hydrogens (tertiary/aromatic N) is 2. The Bertz CT molecular complexity index is 1160. The number of rotatable bonds is 11. The van der Waals surface area contributed by atoms with Crippen molar-refractivity contribution < 1.29 is 13.2 Å². The van der Waals surface area contributed by atoms with Gasteiger partial charge >= 0.3 is 0 Å². The minimum Gasteiger partial charge on any atom is -0.337 e. The summed E-state index contributed by atoms with van der Waals surface area (Å²) in [7, 11) is -3.72. The fourth-order valence-electron chi connectivity index (χ4n) is 4.83. The van der Waals surface area contributed by atoms with E-state index in [1.54, 1.807) is 18.5 Å². The first-order valence-electron chi connectivity index (χ1n) is 12.5. The lowest BCUT2D eigenvalue weighted by Gasteiger charge is -2.39. The SMILES string of the molecule is CC(C)N(C(=O)C(c1cccnc1)C(CNS(=O)(=O)/C=C/c1ccccc1)C1C=CC=CC1)C(C)C. The summed E-state index contributed by atoms with van der Waals surface area (Å²) in [5.41, 5.74) is 1.59. The molecular weight excluding hydrogens is 470 g/mol. The van der Waals surface area contributed by atoms with Gasteiger partial charge in [0.2, 0.25) is 15.9 Å². The molecule has 0 aliphatic heterocycles. The van der Waals surface area contributed by atoms with E-state index in [0.717, 1.165) is 17.5 Å². The van der Waals surface area contributed by atoms with Crippen LogP contribution < -0.4 is 4.72 Å². The molecule has 0 saturated carbocycles. The zero-order valence-electron chi connectivity index (χ0n) is 21.5. The number of pyridine rings is 1. The van der Waals surface area contributed by atoms with Crippen LogP contribution >= 0.6 is 0 Å². The molecule has 2 aromatic rings. The molecule has 1 N–H and O–H groups in total. The van der Waals surface area contributed by atoms with Gasteiger partial charge < -0.3 is 4.90 Å². The molecule has 3 unspecified atom stereocenters. The normalized spacial score (nSPS) is 17.6. The standard InChI is InChI=1S/C29H37N3O3S/c1-22(2)32(23(3)4)29(33)28(26-16-11-18-30-20-26)27(25-14-9-6-10-15-25)21-31-36(34,35)19-17-24-12-7-5-8-13-24/h5-14,16-20,22-23,25,27-28,31H,15,21H2,1-4H3/b19-17+. The molecule has 1 aliphatic rings. The smallest absolute Gasteiger partial charge is 0.233 e. The zero-order valence-corrected chi connectivity index (χ0v) is 22.3. The van der Waals surface area contributed by atoms with E-state index >= 15 is 0 Å². The van der Waals surface area contributed by atoms with E-state index in [4.69, 9.17) is 0 Å². The Morgan fingerprint density at radius 2 is 1.81 bits per heavy atom. The fourth-order valence-corrected chi connectivity index (χ4v) is 5.68. The highest BCUT2D eigenvalue weighted by molar-refractivity contribution is 7.92. The minimum atomic E-state index is -3.72. The van der Waals surface area contributed by atoms with Crippen molar-refractivity contribution in [3.63, 3.8) is 0 Å². The van der Waals surface area contributed by atoms with Gasteiger partial charge in [0.1, 0.15) is 0 Å². The molecule has 0 bridgehead atoms. The highest BCUT2D eigenvalue weighted by atomic mass is 32.2. The van der Waals surface area contributed by atoms with Gasteiger partial charge in [-0.1, -0.05) is 60.7 Å². The first kappa shape index (κ1) is 27.6. The fraction of sp³-hybridized carbons (Fsp3) is 0.379. The maximum absolute atomic E-state index is 14.1. The van der Waals surface area contributed by atoms with E-state index in [1.807, 2.05) is 87.2 Å². The lowest BCUT2D eigenvalue weighted by atomic mass is 9.75. The van der Waals surface area contributed by atoms with Crippen molar-refractivity contribution in [2.24, 2.45) is 11.8 Å². The van der Waals surface area contributed by atoms with Crippen molar-refractivity contribution in [3.05, 3.63) is 95.7 Å². The van der Waals surface area contributed by atoms with Crippen molar-refractivity contribution in [1.82, 2.24) is 14.6 Å². The predicted molar refractivity (Wildman–Crippen MR) is 146 cm³/mol. The van der Waals surface area contributed by atoms with Crippen molar-refractivity contribution in [2.75, 3.05) is 6.54 Å². The third-order valence-corrected chi connectivity index (χ3v) is 7.49. The van der Waals surface area contributed by atoms with Crippen molar-refractivity contribution >= 4 is 22.0 Å². The van der Waals surface area contributed by atoms with Crippen LogP contribution in [0.25, 0.3) is 6.08 Å². The van der Waals surface area contributed by atoms with Crippen LogP contribution in [-0.4, -0.2) is 42.8 Å². The molecule has 1 heterocycles. The molecule has 0 saturated heterocycles. The monoisotopic (exact) mass is 507 g/mol. The molecule has 3 rings (SSSR count). The number of hydrogen-bond donors (Lipinski definition) is 1. The van der Waals surface area contributed by atoms with Crippen molar-refractivity contribution in [3.8, 4) is 0 Å². The van der Waals surface area contributed by atoms with E-state index < -0.39 is 15.9 Å². The number of allylic oxidation sites excluding steroid dienone is 4. The summed E-state index contributed by atoms with van der Waals surface area (Å²) in [6.45, 7) is 8.15. The van der Waals surface area contributed by atoms with E-state index in [9.17, 15) is 13.2 Å². The van der Waals surface area contributed by atoms with Gasteiger partial charge in [-0.05, 0) is 69.2 Å². The largest absolute Gasteiger partial charge is 0.337 e. The molecule has 1 amide bonds. The molecule has 7 heteroatoms. The summed E-state index contributed by atoms with van der Waals surface area (Å²) in [5.74, 6) is -0.876. The summed E-state index contributed by atoms with van der Waals surface area (Å²) in [4.78, 5) is 20.3. The van der Waals surface area contributed by atoms with Gasteiger partial charge in [0.25, 0.3) is 0 Å². The Balaban J connectivity index is 1.96. The van der Waals surface area contributed by atoms with Crippen LogP contribution in [0.4, 0.5) is 0 Å². The van der Waals surface area contributed by atoms with Crippen molar-refractivity contribution in [2.45, 2.75) is 52.1 Å². The number of carbonyl (C=O) groups is 1. The molecule has 3 atom stereocenters. The van der Waals surface area contributed by atoms with Gasteiger partial charge in [0.15, 0.2) is 0 Å². The van der Waals surface area contributed by atoms with Crippen LogP contribution in [0.1, 0.15) is 51.2 Å². The van der Waals surface area contributed by atoms with E-state index in [0.29, 0.717) is 0 Å². The third-order valence-electron chi connectivity index (χ3n) is 6.43. The second-order valence-corrected chi connectivity index (χ2v) is 11.3. The topological polar surface area (TPSA) is 79.4 Å². The highest BCUT2D eigenvalue weighted by Crippen LogP contribution is 2.36. The van der Waals surface area contributed by atoms with Gasteiger partial charge in [-0.15, -0.1) is 0 Å². The molecule has 192 valence electrons. The quantitative estimate of drug-likeness (QED) is 0.456. The van der Waals surface area contributed by atoms with Gasteiger partial charge in [-0.3, -0.25) is 9.78 Å². The number of nitrogens with one attached hydrogen (secondary N) is 1. The average molecular weight is 508 g/mol. The van der Waals surface area contributed by atoms with Crippen LogP contribution in [-0.2, 0) is 14.8 Å². The van der Waals surface area contributed by atoms with Crippen LogP contribution in [0.3, 0.4) is 0 Å². The lowest BCUT2D eigenvalue weighted by Crippen LogP contribution is -2.48. The number of aromatic nitrogens is 1.